The summed E-state index contributed by atoms with van der Waals surface area (Å²) in [5, 5.41) is 3.40. The maximum absolute atomic E-state index is 12.1. The van der Waals surface area contributed by atoms with Crippen molar-refractivity contribution in [2.24, 2.45) is 0 Å². The van der Waals surface area contributed by atoms with Gasteiger partial charge in [-0.1, -0.05) is 50.3 Å². The molecule has 2 rings (SSSR count). The maximum atomic E-state index is 12.1. The second-order valence-corrected chi connectivity index (χ2v) is 6.19. The number of nitrogens with one attached hydrogen (secondary N) is 1. The van der Waals surface area contributed by atoms with E-state index in [0.29, 0.717) is 10.6 Å². The zero-order valence-corrected chi connectivity index (χ0v) is 14.8. The minimum absolute atomic E-state index is 0.179. The third-order valence-electron chi connectivity index (χ3n) is 3.72. The van der Waals surface area contributed by atoms with Gasteiger partial charge in [0.2, 0.25) is 0 Å². The third kappa shape index (κ3) is 6.25. The van der Waals surface area contributed by atoms with E-state index in [4.69, 9.17) is 16.3 Å². The molecule has 0 saturated carbocycles. The molecule has 0 atom stereocenters. The van der Waals surface area contributed by atoms with E-state index >= 15 is 0 Å². The van der Waals surface area contributed by atoms with E-state index in [9.17, 15) is 4.79 Å². The Morgan fingerprint density at radius 3 is 2.50 bits per heavy atom. The van der Waals surface area contributed by atoms with Crippen molar-refractivity contribution in [1.82, 2.24) is 0 Å². The first-order chi connectivity index (χ1) is 11.7. The smallest absolute Gasteiger partial charge is 0.255 e. The second kappa shape index (κ2) is 9.99. The Labute approximate surface area is 149 Å². The monoisotopic (exact) mass is 345 g/mol. The maximum Gasteiger partial charge on any atom is 0.255 e. The van der Waals surface area contributed by atoms with Crippen LogP contribution in [0.4, 0.5) is 5.69 Å². The van der Waals surface area contributed by atoms with Gasteiger partial charge < -0.3 is 10.1 Å². The lowest BCUT2D eigenvalue weighted by atomic mass is 10.2. The first-order valence-electron chi connectivity index (χ1n) is 8.49. The van der Waals surface area contributed by atoms with Gasteiger partial charge in [0.05, 0.1) is 6.61 Å². The number of carbonyl (C=O) groups is 1. The van der Waals surface area contributed by atoms with Crippen LogP contribution in [0.5, 0.6) is 5.75 Å². The first kappa shape index (κ1) is 18.3. The van der Waals surface area contributed by atoms with E-state index in [1.165, 1.54) is 25.7 Å². The van der Waals surface area contributed by atoms with E-state index in [0.717, 1.165) is 24.5 Å². The largest absolute Gasteiger partial charge is 0.494 e. The molecule has 0 heterocycles. The Morgan fingerprint density at radius 1 is 1.04 bits per heavy atom. The molecule has 128 valence electrons. The molecule has 1 N–H and O–H groups in total. The average molecular weight is 346 g/mol. The molecule has 0 bridgehead atoms. The summed E-state index contributed by atoms with van der Waals surface area (Å²) in [6, 6.07) is 14.3. The lowest BCUT2D eigenvalue weighted by Gasteiger charge is -2.08. The molecular formula is C20H24ClNO2. The third-order valence-corrected chi connectivity index (χ3v) is 3.95. The van der Waals surface area contributed by atoms with Crippen molar-refractivity contribution in [3.8, 4) is 5.75 Å². The molecule has 0 aromatic heterocycles. The van der Waals surface area contributed by atoms with Gasteiger partial charge in [0.1, 0.15) is 5.75 Å². The molecule has 0 aliphatic rings. The van der Waals surface area contributed by atoms with E-state index < -0.39 is 0 Å². The lowest BCUT2D eigenvalue weighted by Crippen LogP contribution is -2.11. The lowest BCUT2D eigenvalue weighted by molar-refractivity contribution is 0.102. The molecule has 0 saturated heterocycles. The number of anilines is 1. The van der Waals surface area contributed by atoms with Gasteiger partial charge in [-0.3, -0.25) is 4.79 Å². The van der Waals surface area contributed by atoms with Crippen LogP contribution >= 0.6 is 11.6 Å². The van der Waals surface area contributed by atoms with Gasteiger partial charge >= 0.3 is 0 Å². The Morgan fingerprint density at radius 2 is 1.79 bits per heavy atom. The van der Waals surface area contributed by atoms with Crippen LogP contribution in [-0.2, 0) is 0 Å². The molecule has 0 spiro atoms. The van der Waals surface area contributed by atoms with Crippen molar-refractivity contribution in [3.63, 3.8) is 0 Å². The van der Waals surface area contributed by atoms with E-state index in [-0.39, 0.29) is 5.91 Å². The molecule has 3 nitrogen and oxygen atoms in total. The van der Waals surface area contributed by atoms with Crippen LogP contribution in [0.15, 0.2) is 48.5 Å². The highest BCUT2D eigenvalue weighted by atomic mass is 35.5. The van der Waals surface area contributed by atoms with Crippen LogP contribution in [0.1, 0.15) is 49.4 Å². The minimum Gasteiger partial charge on any atom is -0.494 e. The van der Waals surface area contributed by atoms with Gasteiger partial charge in [0, 0.05) is 16.3 Å². The van der Waals surface area contributed by atoms with Crippen LogP contribution < -0.4 is 10.1 Å². The highest BCUT2D eigenvalue weighted by molar-refractivity contribution is 6.31. The molecule has 0 aliphatic carbocycles. The Balaban J connectivity index is 1.78. The number of rotatable bonds is 9. The summed E-state index contributed by atoms with van der Waals surface area (Å²) in [6.07, 6.45) is 6.10. The topological polar surface area (TPSA) is 38.3 Å². The summed E-state index contributed by atoms with van der Waals surface area (Å²) in [6.45, 7) is 2.95. The highest BCUT2D eigenvalue weighted by Gasteiger charge is 2.06. The zero-order valence-electron chi connectivity index (χ0n) is 14.1. The normalized spacial score (nSPS) is 10.4. The second-order valence-electron chi connectivity index (χ2n) is 5.75. The van der Waals surface area contributed by atoms with Crippen molar-refractivity contribution in [3.05, 3.63) is 59.1 Å². The fourth-order valence-corrected chi connectivity index (χ4v) is 2.55. The standard InChI is InChI=1S/C20H24ClNO2/c1-2-3-4-5-6-14-24-19-12-10-18(11-13-19)22-20(23)16-8-7-9-17(21)15-16/h7-13,15H,2-6,14H2,1H3,(H,22,23). The van der Waals surface area contributed by atoms with Gasteiger partial charge in [-0.25, -0.2) is 0 Å². The number of hydrogen-bond donors (Lipinski definition) is 1. The van der Waals surface area contributed by atoms with Crippen molar-refractivity contribution in [1.29, 1.82) is 0 Å². The minimum atomic E-state index is -0.179. The highest BCUT2D eigenvalue weighted by Crippen LogP contribution is 2.18. The van der Waals surface area contributed by atoms with Gasteiger partial charge in [-0.15, -0.1) is 0 Å². The van der Waals surface area contributed by atoms with Crippen LogP contribution in [0.2, 0.25) is 5.02 Å². The SMILES string of the molecule is CCCCCCCOc1ccc(NC(=O)c2cccc(Cl)c2)cc1. The predicted molar refractivity (Wildman–Crippen MR) is 100 cm³/mol. The fraction of sp³-hybridized carbons (Fsp3) is 0.350. The van der Waals surface area contributed by atoms with Gasteiger partial charge in [0.15, 0.2) is 0 Å². The van der Waals surface area contributed by atoms with Crippen LogP contribution in [0, 0.1) is 0 Å². The summed E-state index contributed by atoms with van der Waals surface area (Å²) in [7, 11) is 0. The van der Waals surface area contributed by atoms with Gasteiger partial charge in [-0.05, 0) is 48.9 Å². The summed E-state index contributed by atoms with van der Waals surface area (Å²) >= 11 is 5.90. The number of carbonyl (C=O) groups excluding carboxylic acids is 1. The molecule has 1 amide bonds. The molecule has 0 unspecified atom stereocenters. The van der Waals surface area contributed by atoms with Gasteiger partial charge in [-0.2, -0.15) is 0 Å². The summed E-state index contributed by atoms with van der Waals surface area (Å²) < 4.78 is 5.72. The Bertz CT molecular complexity index is 640. The Hall–Kier alpha value is -2.00. The first-order valence-corrected chi connectivity index (χ1v) is 8.86. The molecular weight excluding hydrogens is 322 g/mol. The number of halogens is 1. The number of hydrogen-bond acceptors (Lipinski definition) is 2. The molecule has 4 heteroatoms. The molecule has 2 aromatic carbocycles. The van der Waals surface area contributed by atoms with E-state index in [2.05, 4.69) is 12.2 Å². The van der Waals surface area contributed by atoms with Crippen molar-refractivity contribution < 1.29 is 9.53 Å². The molecule has 0 fully saturated rings. The summed E-state index contributed by atoms with van der Waals surface area (Å²) in [4.78, 5) is 12.1. The molecule has 2 aromatic rings. The average Bonchev–Trinajstić information content (AvgIpc) is 2.59. The van der Waals surface area contributed by atoms with Gasteiger partial charge in [0.25, 0.3) is 5.91 Å². The summed E-state index contributed by atoms with van der Waals surface area (Å²) in [5.74, 6) is 0.647. The number of amides is 1. The van der Waals surface area contributed by atoms with E-state index in [1.807, 2.05) is 24.3 Å². The van der Waals surface area contributed by atoms with Crippen molar-refractivity contribution in [2.45, 2.75) is 39.0 Å². The van der Waals surface area contributed by atoms with E-state index in [1.54, 1.807) is 24.3 Å². The summed E-state index contributed by atoms with van der Waals surface area (Å²) in [5.41, 5.74) is 1.27. The quantitative estimate of drug-likeness (QED) is 0.571. The van der Waals surface area contributed by atoms with Crippen LogP contribution in [0.3, 0.4) is 0 Å². The number of benzene rings is 2. The van der Waals surface area contributed by atoms with Crippen LogP contribution in [0.25, 0.3) is 0 Å². The molecule has 24 heavy (non-hydrogen) atoms. The zero-order chi connectivity index (χ0) is 17.2. The molecule has 0 aliphatic heterocycles. The van der Waals surface area contributed by atoms with Crippen LogP contribution in [-0.4, -0.2) is 12.5 Å². The number of ether oxygens (including phenoxy) is 1. The predicted octanol–water partition coefficient (Wildman–Crippen LogP) is 5.94. The number of unbranched alkanes of at least 4 members (excludes halogenated alkanes) is 4. The molecule has 0 radical (unpaired) electrons. The fourth-order valence-electron chi connectivity index (χ4n) is 2.36. The van der Waals surface area contributed by atoms with Crippen molar-refractivity contribution in [2.75, 3.05) is 11.9 Å². The van der Waals surface area contributed by atoms with Crippen molar-refractivity contribution >= 4 is 23.2 Å². The Kier molecular flexibility index (Phi) is 7.63.